The zero-order valence-electron chi connectivity index (χ0n) is 14.9. The normalized spacial score (nSPS) is 12.4. The maximum atomic E-state index is 6.10. The second-order valence-corrected chi connectivity index (χ2v) is 7.52. The molecule has 2 rings (SSSR count). The molecule has 0 unspecified atom stereocenters. The van der Waals surface area contributed by atoms with Crippen molar-refractivity contribution in [2.24, 2.45) is 5.41 Å². The van der Waals surface area contributed by atoms with Crippen LogP contribution in [-0.4, -0.2) is 27.0 Å². The first-order valence-electron chi connectivity index (χ1n) is 7.96. The lowest BCUT2D eigenvalue weighted by molar-refractivity contribution is -0.0317. The van der Waals surface area contributed by atoms with Crippen LogP contribution in [0.25, 0.3) is 11.4 Å². The smallest absolute Gasteiger partial charge is 0.203 e. The van der Waals surface area contributed by atoms with Crippen molar-refractivity contribution in [2.45, 2.75) is 53.6 Å². The highest BCUT2D eigenvalue weighted by Gasteiger charge is 2.22. The van der Waals surface area contributed by atoms with Crippen LogP contribution in [-0.2, 0) is 10.3 Å². The summed E-state index contributed by atoms with van der Waals surface area (Å²) in [5.41, 5.74) is 1.99. The van der Waals surface area contributed by atoms with E-state index in [9.17, 15) is 0 Å². The summed E-state index contributed by atoms with van der Waals surface area (Å²) in [5, 5.41) is 16.0. The fraction of sp³-hybridized carbons (Fsp3) is 0.556. The van der Waals surface area contributed by atoms with Gasteiger partial charge in [-0.2, -0.15) is 0 Å². The molecular formula is C18H26N4O. The van der Waals surface area contributed by atoms with E-state index in [1.165, 1.54) is 0 Å². The summed E-state index contributed by atoms with van der Waals surface area (Å²) in [6.45, 7) is 13.4. The van der Waals surface area contributed by atoms with Gasteiger partial charge in [0.1, 0.15) is 0 Å². The summed E-state index contributed by atoms with van der Waals surface area (Å²) in [4.78, 5) is 0. The van der Waals surface area contributed by atoms with Gasteiger partial charge in [-0.05, 0) is 38.2 Å². The van der Waals surface area contributed by atoms with E-state index in [1.54, 1.807) is 6.92 Å². The lowest BCUT2D eigenvalue weighted by Gasteiger charge is -2.28. The second-order valence-electron chi connectivity index (χ2n) is 7.52. The number of aryl methyl sites for hydroxylation is 1. The molecule has 0 aliphatic heterocycles. The molecule has 0 radical (unpaired) electrons. The Labute approximate surface area is 138 Å². The molecule has 0 saturated carbocycles. The number of nitrogens with zero attached hydrogens (tertiary/aromatic N) is 4. The molecule has 23 heavy (non-hydrogen) atoms. The molecule has 1 aromatic heterocycles. The van der Waals surface area contributed by atoms with Gasteiger partial charge in [-0.3, -0.25) is 0 Å². The van der Waals surface area contributed by atoms with Crippen molar-refractivity contribution >= 4 is 0 Å². The van der Waals surface area contributed by atoms with Crippen LogP contribution in [0.2, 0.25) is 0 Å². The minimum Gasteiger partial charge on any atom is -0.371 e. The van der Waals surface area contributed by atoms with E-state index in [-0.39, 0.29) is 11.0 Å². The lowest BCUT2D eigenvalue weighted by atomic mass is 9.92. The Hall–Kier alpha value is -1.88. The third-order valence-corrected chi connectivity index (χ3v) is 3.73. The van der Waals surface area contributed by atoms with Crippen molar-refractivity contribution < 1.29 is 4.74 Å². The van der Waals surface area contributed by atoms with Gasteiger partial charge < -0.3 is 4.74 Å². The summed E-state index contributed by atoms with van der Waals surface area (Å²) < 4.78 is 6.10. The molecule has 0 atom stereocenters. The zero-order valence-corrected chi connectivity index (χ0v) is 14.9. The van der Waals surface area contributed by atoms with Gasteiger partial charge in [-0.25, -0.2) is 0 Å². The van der Waals surface area contributed by atoms with Crippen molar-refractivity contribution in [1.29, 1.82) is 0 Å². The quantitative estimate of drug-likeness (QED) is 0.837. The summed E-state index contributed by atoms with van der Waals surface area (Å²) in [7, 11) is 0. The van der Waals surface area contributed by atoms with Crippen LogP contribution in [0.4, 0.5) is 0 Å². The Morgan fingerprint density at radius 2 is 1.43 bits per heavy atom. The molecule has 5 nitrogen and oxygen atoms in total. The molecule has 0 N–H and O–H groups in total. The summed E-state index contributed by atoms with van der Waals surface area (Å²) >= 11 is 0. The first-order valence-corrected chi connectivity index (χ1v) is 7.96. The predicted molar refractivity (Wildman–Crippen MR) is 90.8 cm³/mol. The Kier molecular flexibility index (Phi) is 5.09. The Morgan fingerprint density at radius 3 is 1.96 bits per heavy atom. The van der Waals surface area contributed by atoms with Crippen molar-refractivity contribution in [3.63, 3.8) is 0 Å². The molecule has 1 aromatic carbocycles. The molecule has 2 aromatic rings. The molecule has 0 spiro atoms. The Balaban J connectivity index is 2.07. The van der Waals surface area contributed by atoms with Crippen LogP contribution >= 0.6 is 0 Å². The van der Waals surface area contributed by atoms with Crippen LogP contribution in [0, 0.1) is 12.3 Å². The Morgan fingerprint density at radius 1 is 0.870 bits per heavy atom. The highest BCUT2D eigenvalue weighted by atomic mass is 16.5. The number of rotatable bonds is 5. The van der Waals surface area contributed by atoms with Gasteiger partial charge in [-0.15, -0.1) is 20.4 Å². The maximum absolute atomic E-state index is 6.10. The average Bonchev–Trinajstić information content (AvgIpc) is 2.46. The molecule has 0 bridgehead atoms. The topological polar surface area (TPSA) is 60.8 Å². The van der Waals surface area contributed by atoms with Crippen LogP contribution in [0.1, 0.15) is 52.4 Å². The molecule has 0 amide bonds. The number of aromatic nitrogens is 4. The predicted octanol–water partition coefficient (Wildman–Crippen LogP) is 3.93. The van der Waals surface area contributed by atoms with E-state index in [0.29, 0.717) is 11.6 Å². The van der Waals surface area contributed by atoms with E-state index in [2.05, 4.69) is 67.1 Å². The van der Waals surface area contributed by atoms with Crippen molar-refractivity contribution in [2.75, 3.05) is 6.61 Å². The Bertz CT molecular complexity index is 628. The number of ether oxygens (including phenoxy) is 1. The highest BCUT2D eigenvalue weighted by Crippen LogP contribution is 2.28. The molecule has 0 saturated heterocycles. The molecule has 0 fully saturated rings. The second kappa shape index (κ2) is 6.71. The first kappa shape index (κ1) is 17.5. The zero-order chi connectivity index (χ0) is 17.1. The minimum absolute atomic E-state index is 0.280. The van der Waals surface area contributed by atoms with Gasteiger partial charge >= 0.3 is 0 Å². The molecule has 0 aliphatic rings. The SMILES string of the molecule is Cc1nnc(-c2ccc(C(C)(C)OCCC(C)(C)C)cc2)nn1. The highest BCUT2D eigenvalue weighted by molar-refractivity contribution is 5.54. The third-order valence-electron chi connectivity index (χ3n) is 3.73. The number of benzene rings is 1. The van der Waals surface area contributed by atoms with Gasteiger partial charge in [0.2, 0.25) is 5.82 Å². The van der Waals surface area contributed by atoms with Crippen LogP contribution < -0.4 is 0 Å². The third kappa shape index (κ3) is 5.06. The molecular weight excluding hydrogens is 288 g/mol. The van der Waals surface area contributed by atoms with E-state index >= 15 is 0 Å². The van der Waals surface area contributed by atoms with Crippen molar-refractivity contribution in [3.05, 3.63) is 35.7 Å². The maximum Gasteiger partial charge on any atom is 0.203 e. The van der Waals surface area contributed by atoms with E-state index in [1.807, 2.05) is 12.1 Å². The summed E-state index contributed by atoms with van der Waals surface area (Å²) in [6, 6.07) is 8.07. The molecule has 5 heteroatoms. The van der Waals surface area contributed by atoms with E-state index < -0.39 is 0 Å². The standard InChI is InChI=1S/C18H26N4O/c1-13-19-21-16(22-20-13)14-7-9-15(10-8-14)18(5,6)23-12-11-17(2,3)4/h7-10H,11-12H2,1-6H3. The van der Waals surface area contributed by atoms with Gasteiger partial charge in [0, 0.05) is 12.2 Å². The average molecular weight is 314 g/mol. The van der Waals surface area contributed by atoms with Gasteiger partial charge in [0.25, 0.3) is 0 Å². The minimum atomic E-state index is -0.325. The number of hydrogen-bond acceptors (Lipinski definition) is 5. The van der Waals surface area contributed by atoms with Crippen molar-refractivity contribution in [3.8, 4) is 11.4 Å². The molecule has 124 valence electrons. The summed E-state index contributed by atoms with van der Waals surface area (Å²) in [5.74, 6) is 1.10. The largest absolute Gasteiger partial charge is 0.371 e. The monoisotopic (exact) mass is 314 g/mol. The van der Waals surface area contributed by atoms with Gasteiger partial charge in [-0.1, -0.05) is 45.0 Å². The van der Waals surface area contributed by atoms with Gasteiger partial charge in [0.15, 0.2) is 5.82 Å². The van der Waals surface area contributed by atoms with Crippen LogP contribution in [0.15, 0.2) is 24.3 Å². The van der Waals surface area contributed by atoms with E-state index in [0.717, 1.165) is 24.2 Å². The summed E-state index contributed by atoms with van der Waals surface area (Å²) in [6.07, 6.45) is 1.03. The molecule has 0 aliphatic carbocycles. The fourth-order valence-electron chi connectivity index (χ4n) is 2.11. The lowest BCUT2D eigenvalue weighted by Crippen LogP contribution is -2.24. The van der Waals surface area contributed by atoms with Crippen LogP contribution in [0.5, 0.6) is 0 Å². The van der Waals surface area contributed by atoms with Gasteiger partial charge in [0.05, 0.1) is 5.60 Å². The van der Waals surface area contributed by atoms with Crippen molar-refractivity contribution in [1.82, 2.24) is 20.4 Å². The van der Waals surface area contributed by atoms with E-state index in [4.69, 9.17) is 4.74 Å². The first-order chi connectivity index (χ1) is 10.7. The molecule has 1 heterocycles. The fourth-order valence-corrected chi connectivity index (χ4v) is 2.11. The number of hydrogen-bond donors (Lipinski definition) is 0. The van der Waals surface area contributed by atoms with Crippen LogP contribution in [0.3, 0.4) is 0 Å².